The maximum atomic E-state index is 12.0. The fourth-order valence-corrected chi connectivity index (χ4v) is 2.54. The summed E-state index contributed by atoms with van der Waals surface area (Å²) in [4.78, 5) is 16.3. The number of piperazine rings is 1. The lowest BCUT2D eigenvalue weighted by Gasteiger charge is -2.43. The predicted molar refractivity (Wildman–Crippen MR) is 65.6 cm³/mol. The first kappa shape index (κ1) is 12.8. The van der Waals surface area contributed by atoms with E-state index in [4.69, 9.17) is 10.5 Å². The van der Waals surface area contributed by atoms with Gasteiger partial charge in [0.15, 0.2) is 0 Å². The number of carbonyl (C=O) groups is 1. The molecule has 1 amide bonds. The molecule has 0 radical (unpaired) electrons. The Hall–Kier alpha value is -0.650. The van der Waals surface area contributed by atoms with Gasteiger partial charge in [0.05, 0.1) is 6.61 Å². The molecule has 0 aromatic heterocycles. The molecule has 0 bridgehead atoms. The van der Waals surface area contributed by atoms with E-state index in [-0.39, 0.29) is 5.91 Å². The fraction of sp³-hybridized carbons (Fsp3) is 0.917. The van der Waals surface area contributed by atoms with Crippen molar-refractivity contribution in [2.24, 2.45) is 5.73 Å². The van der Waals surface area contributed by atoms with Gasteiger partial charge in [-0.15, -0.1) is 0 Å². The van der Waals surface area contributed by atoms with E-state index in [2.05, 4.69) is 4.90 Å². The van der Waals surface area contributed by atoms with Crippen molar-refractivity contribution >= 4 is 5.91 Å². The molecule has 2 rings (SSSR count). The highest BCUT2D eigenvalue weighted by atomic mass is 16.5. The molecule has 0 spiro atoms. The number of nitrogens with two attached hydrogens (primary N) is 1. The lowest BCUT2D eigenvalue weighted by Crippen LogP contribution is -2.56. The van der Waals surface area contributed by atoms with Crippen LogP contribution in [0.5, 0.6) is 0 Å². The topological polar surface area (TPSA) is 58.8 Å². The van der Waals surface area contributed by atoms with Crippen LogP contribution in [0, 0.1) is 0 Å². The van der Waals surface area contributed by atoms with Crippen molar-refractivity contribution in [2.75, 3.05) is 39.9 Å². The molecule has 2 aliphatic rings. The summed E-state index contributed by atoms with van der Waals surface area (Å²) >= 11 is 0. The van der Waals surface area contributed by atoms with Gasteiger partial charge in [-0.3, -0.25) is 9.69 Å². The van der Waals surface area contributed by atoms with Crippen LogP contribution in [0.2, 0.25) is 0 Å². The summed E-state index contributed by atoms with van der Waals surface area (Å²) in [6, 6.07) is 0.273. The minimum Gasteiger partial charge on any atom is -0.383 e. The van der Waals surface area contributed by atoms with Crippen LogP contribution >= 0.6 is 0 Å². The SMILES string of the molecule is COCC(N)C(=O)N1CCN(C2CCC2)CC1. The van der Waals surface area contributed by atoms with E-state index in [0.29, 0.717) is 6.61 Å². The maximum Gasteiger partial charge on any atom is 0.241 e. The standard InChI is InChI=1S/C12H23N3O2/c1-17-9-11(13)12(16)15-7-5-14(6-8-15)10-3-2-4-10/h10-11H,2-9,13H2,1H3. The van der Waals surface area contributed by atoms with Crippen molar-refractivity contribution in [3.8, 4) is 0 Å². The third kappa shape index (κ3) is 2.97. The second-order valence-corrected chi connectivity index (χ2v) is 5.01. The van der Waals surface area contributed by atoms with Crippen molar-refractivity contribution in [3.63, 3.8) is 0 Å². The molecule has 1 unspecified atom stereocenters. The number of ether oxygens (including phenoxy) is 1. The first-order valence-electron chi connectivity index (χ1n) is 6.49. The van der Waals surface area contributed by atoms with Crippen molar-refractivity contribution in [3.05, 3.63) is 0 Å². The number of carbonyl (C=O) groups excluding carboxylic acids is 1. The molecule has 0 aromatic carbocycles. The van der Waals surface area contributed by atoms with E-state index in [1.165, 1.54) is 19.3 Å². The Bertz CT molecular complexity index is 260. The van der Waals surface area contributed by atoms with E-state index < -0.39 is 6.04 Å². The molecule has 0 aromatic rings. The van der Waals surface area contributed by atoms with Gasteiger partial charge in [-0.2, -0.15) is 0 Å². The van der Waals surface area contributed by atoms with E-state index >= 15 is 0 Å². The molecule has 1 aliphatic heterocycles. The van der Waals surface area contributed by atoms with Gasteiger partial charge >= 0.3 is 0 Å². The normalized spacial score (nSPS) is 24.5. The van der Waals surface area contributed by atoms with Crippen molar-refractivity contribution in [1.29, 1.82) is 0 Å². The van der Waals surface area contributed by atoms with Gasteiger partial charge in [0, 0.05) is 39.3 Å². The van der Waals surface area contributed by atoms with E-state index in [1.54, 1.807) is 7.11 Å². The van der Waals surface area contributed by atoms with Gasteiger partial charge in [-0.25, -0.2) is 0 Å². The Balaban J connectivity index is 1.75. The van der Waals surface area contributed by atoms with Gasteiger partial charge < -0.3 is 15.4 Å². The minimum atomic E-state index is -0.504. The number of amides is 1. The largest absolute Gasteiger partial charge is 0.383 e. The average molecular weight is 241 g/mol. The summed E-state index contributed by atoms with van der Waals surface area (Å²) in [5.74, 6) is 0.0279. The lowest BCUT2D eigenvalue weighted by atomic mass is 9.91. The third-order valence-corrected chi connectivity index (χ3v) is 3.88. The molecule has 1 atom stereocenters. The highest BCUT2D eigenvalue weighted by molar-refractivity contribution is 5.81. The van der Waals surface area contributed by atoms with Crippen LogP contribution in [-0.4, -0.2) is 67.7 Å². The van der Waals surface area contributed by atoms with Crippen LogP contribution in [-0.2, 0) is 9.53 Å². The van der Waals surface area contributed by atoms with Crippen molar-refractivity contribution < 1.29 is 9.53 Å². The molecule has 2 N–H and O–H groups in total. The van der Waals surface area contributed by atoms with Crippen molar-refractivity contribution in [1.82, 2.24) is 9.80 Å². The predicted octanol–water partition coefficient (Wildman–Crippen LogP) is -0.343. The first-order chi connectivity index (χ1) is 8.22. The number of hydrogen-bond acceptors (Lipinski definition) is 4. The number of methoxy groups -OCH3 is 1. The molecule has 1 saturated carbocycles. The van der Waals surface area contributed by atoms with Gasteiger partial charge in [-0.05, 0) is 12.8 Å². The van der Waals surface area contributed by atoms with Gasteiger partial charge in [0.1, 0.15) is 6.04 Å². The molecule has 17 heavy (non-hydrogen) atoms. The first-order valence-corrected chi connectivity index (χ1v) is 6.49. The van der Waals surface area contributed by atoms with Gasteiger partial charge in [0.2, 0.25) is 5.91 Å². The zero-order valence-corrected chi connectivity index (χ0v) is 10.6. The molecular weight excluding hydrogens is 218 g/mol. The molecule has 1 saturated heterocycles. The molecule has 5 nitrogen and oxygen atoms in total. The highest BCUT2D eigenvalue weighted by Crippen LogP contribution is 2.25. The van der Waals surface area contributed by atoms with Gasteiger partial charge in [0.25, 0.3) is 0 Å². The molecule has 2 fully saturated rings. The van der Waals surface area contributed by atoms with E-state index in [1.807, 2.05) is 4.90 Å². The molecule has 98 valence electrons. The second-order valence-electron chi connectivity index (χ2n) is 5.01. The van der Waals surface area contributed by atoms with Crippen LogP contribution in [0.15, 0.2) is 0 Å². The maximum absolute atomic E-state index is 12.0. The zero-order chi connectivity index (χ0) is 12.3. The minimum absolute atomic E-state index is 0.0279. The van der Waals surface area contributed by atoms with Crippen LogP contribution in [0.25, 0.3) is 0 Å². The average Bonchev–Trinajstić information content (AvgIpc) is 2.27. The summed E-state index contributed by atoms with van der Waals surface area (Å²) in [5, 5.41) is 0. The quantitative estimate of drug-likeness (QED) is 0.731. The Kier molecular flexibility index (Phi) is 4.36. The molecule has 1 heterocycles. The summed E-state index contributed by atoms with van der Waals surface area (Å²) in [6.45, 7) is 3.92. The van der Waals surface area contributed by atoms with Gasteiger partial charge in [-0.1, -0.05) is 6.42 Å². The molecule has 5 heteroatoms. The zero-order valence-electron chi connectivity index (χ0n) is 10.6. The Morgan fingerprint density at radius 3 is 2.47 bits per heavy atom. The molecule has 1 aliphatic carbocycles. The van der Waals surface area contributed by atoms with E-state index in [0.717, 1.165) is 32.2 Å². The number of hydrogen-bond donors (Lipinski definition) is 1. The fourth-order valence-electron chi connectivity index (χ4n) is 2.54. The second kappa shape index (κ2) is 5.80. The Morgan fingerprint density at radius 2 is 2.00 bits per heavy atom. The summed E-state index contributed by atoms with van der Waals surface area (Å²) in [5.41, 5.74) is 5.76. The van der Waals surface area contributed by atoms with Crippen LogP contribution < -0.4 is 5.73 Å². The molecular formula is C12H23N3O2. The van der Waals surface area contributed by atoms with E-state index in [9.17, 15) is 4.79 Å². The summed E-state index contributed by atoms with van der Waals surface area (Å²) in [6.07, 6.45) is 4.02. The Labute approximate surface area is 103 Å². The highest BCUT2D eigenvalue weighted by Gasteiger charge is 2.30. The summed E-state index contributed by atoms with van der Waals surface area (Å²) in [7, 11) is 1.57. The van der Waals surface area contributed by atoms with Crippen LogP contribution in [0.1, 0.15) is 19.3 Å². The smallest absolute Gasteiger partial charge is 0.241 e. The monoisotopic (exact) mass is 241 g/mol. The number of nitrogens with zero attached hydrogens (tertiary/aromatic N) is 2. The Morgan fingerprint density at radius 1 is 1.35 bits per heavy atom. The summed E-state index contributed by atoms with van der Waals surface area (Å²) < 4.78 is 4.92. The van der Waals surface area contributed by atoms with Crippen molar-refractivity contribution in [2.45, 2.75) is 31.3 Å². The third-order valence-electron chi connectivity index (χ3n) is 3.88. The number of rotatable bonds is 4. The lowest BCUT2D eigenvalue weighted by molar-refractivity contribution is -0.136. The van der Waals surface area contributed by atoms with Crippen LogP contribution in [0.4, 0.5) is 0 Å². The van der Waals surface area contributed by atoms with Crippen LogP contribution in [0.3, 0.4) is 0 Å².